The summed E-state index contributed by atoms with van der Waals surface area (Å²) in [6.45, 7) is 6.20. The molecule has 1 aliphatic rings. The first-order valence-corrected chi connectivity index (χ1v) is 7.98. The molecule has 1 fully saturated rings. The van der Waals surface area contributed by atoms with Crippen LogP contribution in [0.1, 0.15) is 31.4 Å². The molecule has 4 nitrogen and oxygen atoms in total. The lowest BCUT2D eigenvalue weighted by atomic mass is 9.98. The molecule has 1 saturated heterocycles. The van der Waals surface area contributed by atoms with Gasteiger partial charge in [-0.25, -0.2) is 0 Å². The number of halogens is 1. The van der Waals surface area contributed by atoms with Gasteiger partial charge in [0.15, 0.2) is 11.5 Å². The first-order chi connectivity index (χ1) is 9.69. The molecule has 0 aromatic heterocycles. The molecule has 0 spiro atoms. The van der Waals surface area contributed by atoms with Crippen molar-refractivity contribution in [2.24, 2.45) is 0 Å². The molecule has 1 heterocycles. The third kappa shape index (κ3) is 3.27. The number of benzene rings is 1. The van der Waals surface area contributed by atoms with Gasteiger partial charge in [-0.1, -0.05) is 29.3 Å². The van der Waals surface area contributed by atoms with Crippen LogP contribution in [0.25, 0.3) is 0 Å². The lowest BCUT2D eigenvalue weighted by molar-refractivity contribution is 0.161. The lowest BCUT2D eigenvalue weighted by Gasteiger charge is -2.36. The fourth-order valence-electron chi connectivity index (χ4n) is 2.82. The molecule has 1 aliphatic heterocycles. The summed E-state index contributed by atoms with van der Waals surface area (Å²) in [5, 5.41) is 13.9. The second-order valence-electron chi connectivity index (χ2n) is 5.10. The summed E-state index contributed by atoms with van der Waals surface area (Å²) < 4.78 is 6.21. The molecule has 1 atom stereocenters. The number of ether oxygens (including phenoxy) is 1. The number of piperazine rings is 1. The minimum absolute atomic E-state index is 0.228. The quantitative estimate of drug-likeness (QED) is 0.863. The van der Waals surface area contributed by atoms with Gasteiger partial charge in [-0.15, -0.1) is 0 Å². The van der Waals surface area contributed by atoms with Crippen LogP contribution in [-0.2, 0) is 0 Å². The third-order valence-corrected chi connectivity index (χ3v) is 4.53. The van der Waals surface area contributed by atoms with Gasteiger partial charge in [0.2, 0.25) is 0 Å². The summed E-state index contributed by atoms with van der Waals surface area (Å²) >= 11 is 3.59. The van der Waals surface area contributed by atoms with Gasteiger partial charge >= 0.3 is 0 Å². The van der Waals surface area contributed by atoms with Crippen LogP contribution in [0.3, 0.4) is 0 Å². The van der Waals surface area contributed by atoms with Crippen LogP contribution in [0.2, 0.25) is 0 Å². The number of phenolic OH excluding ortho intramolecular Hbond substituents is 1. The highest BCUT2D eigenvalue weighted by Crippen LogP contribution is 2.42. The van der Waals surface area contributed by atoms with Crippen LogP contribution in [0.15, 0.2) is 16.6 Å². The minimum Gasteiger partial charge on any atom is -0.504 e. The van der Waals surface area contributed by atoms with E-state index in [0.29, 0.717) is 5.75 Å². The van der Waals surface area contributed by atoms with Crippen molar-refractivity contribution >= 4 is 15.9 Å². The van der Waals surface area contributed by atoms with Crippen molar-refractivity contribution in [1.29, 1.82) is 0 Å². The predicted molar refractivity (Wildman–Crippen MR) is 84.5 cm³/mol. The number of hydrogen-bond acceptors (Lipinski definition) is 4. The van der Waals surface area contributed by atoms with E-state index in [1.54, 1.807) is 13.2 Å². The van der Waals surface area contributed by atoms with Crippen LogP contribution in [0, 0.1) is 0 Å². The molecule has 20 heavy (non-hydrogen) atoms. The molecule has 0 bridgehead atoms. The highest BCUT2D eigenvalue weighted by molar-refractivity contribution is 9.10. The molecule has 0 radical (unpaired) electrons. The SMILES string of the molecule is CCC[C@H](c1c(Br)ccc(OC)c1O)N1CCNCC1. The zero-order valence-corrected chi connectivity index (χ0v) is 13.7. The Morgan fingerprint density at radius 3 is 2.70 bits per heavy atom. The Hall–Kier alpha value is -0.780. The largest absolute Gasteiger partial charge is 0.504 e. The van der Waals surface area contributed by atoms with Crippen LogP contribution in [0.5, 0.6) is 11.5 Å². The van der Waals surface area contributed by atoms with Crippen molar-refractivity contribution in [2.45, 2.75) is 25.8 Å². The number of nitrogens with zero attached hydrogens (tertiary/aromatic N) is 1. The fourth-order valence-corrected chi connectivity index (χ4v) is 3.41. The molecule has 0 amide bonds. The van der Waals surface area contributed by atoms with E-state index in [1.165, 1.54) is 0 Å². The monoisotopic (exact) mass is 342 g/mol. The Morgan fingerprint density at radius 2 is 2.10 bits per heavy atom. The molecule has 0 aliphatic carbocycles. The summed E-state index contributed by atoms with van der Waals surface area (Å²) in [5.74, 6) is 0.804. The second-order valence-corrected chi connectivity index (χ2v) is 5.96. The molecule has 0 unspecified atom stereocenters. The van der Waals surface area contributed by atoms with E-state index in [1.807, 2.05) is 6.07 Å². The molecule has 2 rings (SSSR count). The summed E-state index contributed by atoms with van der Waals surface area (Å²) in [6, 6.07) is 3.98. The van der Waals surface area contributed by atoms with Crippen molar-refractivity contribution in [3.8, 4) is 11.5 Å². The number of methoxy groups -OCH3 is 1. The Kier molecular flexibility index (Phi) is 5.69. The Labute approximate surface area is 129 Å². The van der Waals surface area contributed by atoms with Crippen LogP contribution < -0.4 is 10.1 Å². The number of rotatable bonds is 5. The maximum absolute atomic E-state index is 10.5. The van der Waals surface area contributed by atoms with E-state index in [2.05, 4.69) is 33.1 Å². The lowest BCUT2D eigenvalue weighted by Crippen LogP contribution is -2.45. The second kappa shape index (κ2) is 7.29. The van der Waals surface area contributed by atoms with Crippen molar-refractivity contribution in [1.82, 2.24) is 10.2 Å². The maximum atomic E-state index is 10.5. The topological polar surface area (TPSA) is 44.7 Å². The molecular formula is C15H23BrN2O2. The van der Waals surface area contributed by atoms with Crippen LogP contribution in [-0.4, -0.2) is 43.3 Å². The van der Waals surface area contributed by atoms with Gasteiger partial charge in [-0.05, 0) is 18.6 Å². The van der Waals surface area contributed by atoms with Gasteiger partial charge in [0.05, 0.1) is 7.11 Å². The van der Waals surface area contributed by atoms with Gasteiger partial charge < -0.3 is 15.2 Å². The molecule has 1 aromatic rings. The van der Waals surface area contributed by atoms with E-state index >= 15 is 0 Å². The highest BCUT2D eigenvalue weighted by atomic mass is 79.9. The Bertz CT molecular complexity index is 448. The van der Waals surface area contributed by atoms with Gasteiger partial charge in [0, 0.05) is 42.3 Å². The molecule has 112 valence electrons. The van der Waals surface area contributed by atoms with E-state index in [4.69, 9.17) is 4.74 Å². The van der Waals surface area contributed by atoms with E-state index in [-0.39, 0.29) is 11.8 Å². The fraction of sp³-hybridized carbons (Fsp3) is 0.600. The van der Waals surface area contributed by atoms with E-state index < -0.39 is 0 Å². The van der Waals surface area contributed by atoms with Gasteiger partial charge in [0.1, 0.15) is 0 Å². The normalized spacial score (nSPS) is 17.9. The molecular weight excluding hydrogens is 320 g/mol. The number of nitrogens with one attached hydrogen (secondary N) is 1. The highest BCUT2D eigenvalue weighted by Gasteiger charge is 2.27. The first-order valence-electron chi connectivity index (χ1n) is 7.19. The third-order valence-electron chi connectivity index (χ3n) is 3.83. The molecule has 5 heteroatoms. The van der Waals surface area contributed by atoms with Crippen LogP contribution >= 0.6 is 15.9 Å². The summed E-state index contributed by atoms with van der Waals surface area (Å²) in [7, 11) is 1.59. The zero-order valence-electron chi connectivity index (χ0n) is 12.2. The standard InChI is InChI=1S/C15H23BrN2O2/c1-3-4-12(18-9-7-17-8-10-18)14-11(16)5-6-13(20-2)15(14)19/h5-6,12,17,19H,3-4,7-10H2,1-2H3/t12-/m1/s1. The molecule has 2 N–H and O–H groups in total. The zero-order chi connectivity index (χ0) is 14.5. The van der Waals surface area contributed by atoms with Crippen molar-refractivity contribution in [3.05, 3.63) is 22.2 Å². The average Bonchev–Trinajstić information content (AvgIpc) is 2.47. The van der Waals surface area contributed by atoms with E-state index in [9.17, 15) is 5.11 Å². The number of phenols is 1. The molecule has 0 saturated carbocycles. The smallest absolute Gasteiger partial charge is 0.163 e. The first kappa shape index (κ1) is 15.6. The maximum Gasteiger partial charge on any atom is 0.163 e. The Balaban J connectivity index is 2.37. The summed E-state index contributed by atoms with van der Waals surface area (Å²) in [6.07, 6.45) is 2.11. The van der Waals surface area contributed by atoms with Crippen molar-refractivity contribution in [2.75, 3.05) is 33.3 Å². The van der Waals surface area contributed by atoms with Crippen molar-refractivity contribution in [3.63, 3.8) is 0 Å². The average molecular weight is 343 g/mol. The Morgan fingerprint density at radius 1 is 1.40 bits per heavy atom. The van der Waals surface area contributed by atoms with Gasteiger partial charge in [0.25, 0.3) is 0 Å². The van der Waals surface area contributed by atoms with E-state index in [0.717, 1.165) is 49.1 Å². The predicted octanol–water partition coefficient (Wildman–Crippen LogP) is 2.91. The molecule has 1 aromatic carbocycles. The van der Waals surface area contributed by atoms with Crippen molar-refractivity contribution < 1.29 is 9.84 Å². The van der Waals surface area contributed by atoms with Gasteiger partial charge in [-0.3, -0.25) is 4.90 Å². The van der Waals surface area contributed by atoms with Gasteiger partial charge in [-0.2, -0.15) is 0 Å². The number of hydrogen-bond donors (Lipinski definition) is 2. The summed E-state index contributed by atoms with van der Waals surface area (Å²) in [5.41, 5.74) is 0.952. The minimum atomic E-state index is 0.228. The number of aromatic hydroxyl groups is 1. The summed E-state index contributed by atoms with van der Waals surface area (Å²) in [4.78, 5) is 2.44. The van der Waals surface area contributed by atoms with Crippen LogP contribution in [0.4, 0.5) is 0 Å².